The molecule has 3 aliphatic rings. The van der Waals surface area contributed by atoms with E-state index in [9.17, 15) is 71.4 Å². The van der Waals surface area contributed by atoms with E-state index >= 15 is 0 Å². The zero-order valence-corrected chi connectivity index (χ0v) is 35.1. The Hall–Kier alpha value is -6.50. The summed E-state index contributed by atoms with van der Waals surface area (Å²) in [7, 11) is -18.4. The number of fused-ring (bicyclic) bond motifs is 1. The fourth-order valence-corrected chi connectivity index (χ4v) is 10.0. The highest BCUT2D eigenvalue weighted by Crippen LogP contribution is 2.66. The lowest BCUT2D eigenvalue weighted by atomic mass is 9.71. The maximum absolute atomic E-state index is 13.6. The van der Waals surface area contributed by atoms with E-state index in [0.717, 1.165) is 11.2 Å². The Morgan fingerprint density at radius 2 is 1.50 bits per heavy atom. The number of phosphoric ester groups is 3. The molecule has 2 fully saturated rings. The Balaban J connectivity index is 1.52. The molecule has 0 radical (unpaired) electrons. The van der Waals surface area contributed by atoms with E-state index in [1.807, 2.05) is 0 Å². The molecule has 0 spiro atoms. The molecule has 2 aromatic heterocycles. The molecule has 66 heavy (non-hydrogen) atoms. The highest BCUT2D eigenvalue weighted by molar-refractivity contribution is 7.61. The number of imidazole rings is 1. The van der Waals surface area contributed by atoms with E-state index in [1.54, 1.807) is 0 Å². The van der Waals surface area contributed by atoms with Crippen LogP contribution in [0.15, 0.2) is 36.7 Å². The van der Waals surface area contributed by atoms with Crippen LogP contribution in [0.25, 0.3) is 11.2 Å². The second-order valence-corrected chi connectivity index (χ2v) is 17.5. The molecule has 0 aliphatic carbocycles. The monoisotopic (exact) mass is 997 g/mol. The number of hydrogen-bond acceptors (Lipinski definition) is 29. The molecule has 0 saturated carbocycles. The van der Waals surface area contributed by atoms with Crippen LogP contribution in [0.2, 0.25) is 0 Å². The zero-order chi connectivity index (χ0) is 48.8. The van der Waals surface area contributed by atoms with E-state index in [4.69, 9.17) is 48.7 Å². The first-order valence-corrected chi connectivity index (χ1v) is 21.8. The van der Waals surface area contributed by atoms with Gasteiger partial charge in [-0.3, -0.25) is 61.6 Å². The van der Waals surface area contributed by atoms with Gasteiger partial charge in [-0.05, 0) is 6.42 Å². The molecule has 356 valence electrons. The molecule has 1 amide bonds. The Morgan fingerprint density at radius 3 is 2.08 bits per heavy atom. The van der Waals surface area contributed by atoms with Crippen molar-refractivity contribution in [3.63, 3.8) is 0 Å². The first-order chi connectivity index (χ1) is 31.3. The summed E-state index contributed by atoms with van der Waals surface area (Å²) in [5, 5.41) is 0. The predicted molar refractivity (Wildman–Crippen MR) is 197 cm³/mol. The fraction of sp³-hybridized carbons (Fsp3) is 0.367. The molecular formula is C30H30N7O26P3. The summed E-state index contributed by atoms with van der Waals surface area (Å²) in [5.74, 6) is -1.32. The highest BCUT2D eigenvalue weighted by atomic mass is 31.3. The van der Waals surface area contributed by atoms with Crippen LogP contribution < -0.4 is 11.5 Å². The van der Waals surface area contributed by atoms with Gasteiger partial charge in [0, 0.05) is 18.0 Å². The van der Waals surface area contributed by atoms with Gasteiger partial charge in [0.1, 0.15) is 24.3 Å². The lowest BCUT2D eigenvalue weighted by Crippen LogP contribution is -2.72. The van der Waals surface area contributed by atoms with Crippen LogP contribution in [0.1, 0.15) is 6.42 Å². The normalized spacial score (nSPS) is 30.0. The van der Waals surface area contributed by atoms with Gasteiger partial charge in [0.2, 0.25) is 28.4 Å². The van der Waals surface area contributed by atoms with E-state index in [0.29, 0.717) is 10.9 Å². The second-order valence-electron chi connectivity index (χ2n) is 12.9. The molecule has 10 atom stereocenters. The van der Waals surface area contributed by atoms with Crippen LogP contribution in [0.5, 0.6) is 0 Å². The summed E-state index contributed by atoms with van der Waals surface area (Å²) in [6, 6.07) is 0. The van der Waals surface area contributed by atoms with Crippen molar-refractivity contribution in [2.45, 2.75) is 53.5 Å². The number of hydrogen-bond donors (Lipinski definition) is 4. The summed E-state index contributed by atoms with van der Waals surface area (Å²) in [5.41, 5.74) is -5.71. The smallest absolute Gasteiger partial charge is 0.458 e. The van der Waals surface area contributed by atoms with Gasteiger partial charge in [-0.1, -0.05) is 6.08 Å². The van der Waals surface area contributed by atoms with Crippen LogP contribution in [0, 0.1) is 0 Å². The van der Waals surface area contributed by atoms with E-state index in [1.165, 1.54) is 18.5 Å². The summed E-state index contributed by atoms with van der Waals surface area (Å²) in [6.07, 6.45) is -3.71. The first-order valence-electron chi connectivity index (χ1n) is 17.4. The topological polar surface area (TPSA) is 463 Å². The number of carbonyl (C=O) groups excluding carboxylic acids is 10. The molecule has 0 aromatic carbocycles. The quantitative estimate of drug-likeness (QED) is 0.0381. The third kappa shape index (κ3) is 8.79. The number of nitrogen functional groups attached to an aromatic ring is 1. The number of rotatable bonds is 27. The van der Waals surface area contributed by atoms with Crippen LogP contribution >= 0.6 is 23.5 Å². The number of primary amides is 1. The molecule has 6 N–H and O–H groups in total. The van der Waals surface area contributed by atoms with Gasteiger partial charge in [-0.25, -0.2) is 33.2 Å². The largest absolute Gasteiger partial charge is 0.592 e. The van der Waals surface area contributed by atoms with Crippen LogP contribution in [0.3, 0.4) is 0 Å². The van der Waals surface area contributed by atoms with Crippen molar-refractivity contribution in [1.82, 2.24) is 24.4 Å². The number of amides is 1. The molecule has 36 heteroatoms. The number of phosphoric acid groups is 3. The van der Waals surface area contributed by atoms with Crippen LogP contribution in [-0.4, -0.2) is 152 Å². The first kappa shape index (κ1) is 50.5. The molecule has 2 saturated heterocycles. The molecule has 0 bridgehead atoms. The number of aromatic nitrogens is 4. The molecule has 2 unspecified atom stereocenters. The maximum Gasteiger partial charge on any atom is 0.592 e. The van der Waals surface area contributed by atoms with Crippen LogP contribution in [-0.2, 0) is 118 Å². The van der Waals surface area contributed by atoms with Crippen molar-refractivity contribution >= 4 is 104 Å². The summed E-state index contributed by atoms with van der Waals surface area (Å²) < 4.78 is 94.1. The van der Waals surface area contributed by atoms with Crippen molar-refractivity contribution in [3.8, 4) is 0 Å². The molecule has 5 rings (SSSR count). The molecule has 33 nitrogen and oxygen atoms in total. The molecule has 3 aliphatic heterocycles. The average Bonchev–Trinajstić information content (AvgIpc) is 3.92. The Morgan fingerprint density at radius 1 is 0.848 bits per heavy atom. The number of allylic oxidation sites excluding steroid dienone is 1. The third-order valence-corrected chi connectivity index (χ3v) is 13.4. The molecule has 5 heterocycles. The van der Waals surface area contributed by atoms with Gasteiger partial charge in [0.05, 0.1) is 13.2 Å². The lowest BCUT2D eigenvalue weighted by Gasteiger charge is -2.43. The minimum atomic E-state index is -6.31. The van der Waals surface area contributed by atoms with Crippen molar-refractivity contribution in [2.75, 3.05) is 18.9 Å². The van der Waals surface area contributed by atoms with Gasteiger partial charge in [-0.15, -0.1) is 0 Å². The molecular weight excluding hydrogens is 967 g/mol. The number of carbonyl (C=O) groups is 10. The SMILES string of the molecule is NC(=O)C1=CN([C@@H]2O[C@H](COP(=O)(O)OP(=O)(O)OC[C@@]3(C=O)O[C@](C=O)(n4cnc5c(N)ncnc54)[C@](C=O)(OP(=O)(OC=O)OC=O)[C@]3(C=O)OC=O)[C@H](OC=O)[C@H]2OC=O)C=CC1. The van der Waals surface area contributed by atoms with Gasteiger partial charge in [0.25, 0.3) is 19.4 Å². The number of nitrogens with zero attached hydrogens (tertiary/aromatic N) is 5. The standard InChI is InChI=1S/C30H30N7O26P3/c31-23-20-25(34-11-33-23)37(12-35-20)30(9-41)29(8-40,62-66(52,58-16-45)59-17-46)28(7-39,55-15-44)27(6-38,61-30)10-57-65(50,51)63-64(48,49)56-5-19-21(53-13-42)22(54-14-43)26(60-19)36-3-1-2-18(4-36)24(32)47/h1,3-4,6-9,11-17,19,21-22,26H,2,5,10H2,(H2,32,47)(H,48,49)(H,50,51)(H2,31,33,34)/t19-,21+,22-,26-,27-,28-,29-,30+/m1/s1. The predicted octanol–water partition coefficient (Wildman–Crippen LogP) is -3.61. The van der Waals surface area contributed by atoms with E-state index < -0.39 is 151 Å². The fourth-order valence-electron chi connectivity index (χ4n) is 6.88. The third-order valence-electron chi connectivity index (χ3n) is 9.58. The summed E-state index contributed by atoms with van der Waals surface area (Å²) >= 11 is 0. The van der Waals surface area contributed by atoms with Gasteiger partial charge >= 0.3 is 36.4 Å². The summed E-state index contributed by atoms with van der Waals surface area (Å²) in [4.78, 5) is 157. The highest BCUT2D eigenvalue weighted by Gasteiger charge is 2.87. The average molecular weight is 998 g/mol. The summed E-state index contributed by atoms with van der Waals surface area (Å²) in [6.45, 7) is -5.71. The Bertz CT molecular complexity index is 2490. The van der Waals surface area contributed by atoms with Crippen molar-refractivity contribution < 1.29 is 122 Å². The van der Waals surface area contributed by atoms with Crippen molar-refractivity contribution in [1.29, 1.82) is 0 Å². The van der Waals surface area contributed by atoms with E-state index in [-0.39, 0.29) is 24.9 Å². The van der Waals surface area contributed by atoms with Crippen LogP contribution in [0.4, 0.5) is 5.82 Å². The zero-order valence-electron chi connectivity index (χ0n) is 32.4. The number of ether oxygens (including phenoxy) is 5. The Kier molecular flexibility index (Phi) is 14.9. The number of aldehydes is 4. The van der Waals surface area contributed by atoms with Crippen molar-refractivity contribution in [2.24, 2.45) is 5.73 Å². The van der Waals surface area contributed by atoms with Gasteiger partial charge in [0.15, 0.2) is 55.0 Å². The van der Waals surface area contributed by atoms with Gasteiger partial charge < -0.3 is 58.9 Å². The minimum absolute atomic E-state index is 0.0305. The second kappa shape index (κ2) is 19.5. The lowest BCUT2D eigenvalue weighted by molar-refractivity contribution is -0.194. The maximum atomic E-state index is 13.6. The Labute approximate surface area is 364 Å². The number of anilines is 1. The molecule has 2 aromatic rings. The van der Waals surface area contributed by atoms with E-state index in [2.05, 4.69) is 28.3 Å². The van der Waals surface area contributed by atoms with Crippen molar-refractivity contribution in [3.05, 3.63) is 36.7 Å². The van der Waals surface area contributed by atoms with Gasteiger partial charge in [-0.2, -0.15) is 4.31 Å². The minimum Gasteiger partial charge on any atom is -0.458 e. The number of nitrogens with two attached hydrogens (primary N) is 2.